The summed E-state index contributed by atoms with van der Waals surface area (Å²) in [7, 11) is 1.52. The Hall–Kier alpha value is -2.56. The number of thioether (sulfide) groups is 1. The van der Waals surface area contributed by atoms with E-state index in [0.717, 1.165) is 27.9 Å². The molecule has 0 aliphatic carbocycles. The van der Waals surface area contributed by atoms with Crippen LogP contribution in [0, 0.1) is 6.92 Å². The van der Waals surface area contributed by atoms with Crippen molar-refractivity contribution in [1.82, 2.24) is 10.4 Å². The highest BCUT2D eigenvalue weighted by Crippen LogP contribution is 2.39. The van der Waals surface area contributed by atoms with Crippen molar-refractivity contribution < 1.29 is 19.1 Å². The van der Waals surface area contributed by atoms with Crippen LogP contribution in [0.25, 0.3) is 6.08 Å². The lowest BCUT2D eigenvalue weighted by Gasteiger charge is -2.16. The maximum absolute atomic E-state index is 13.0. The minimum Gasteiger partial charge on any atom is -0.493 e. The first-order valence-corrected chi connectivity index (χ1v) is 13.5. The maximum Gasteiger partial charge on any atom is 0.285 e. The minimum atomic E-state index is -0.428. The first kappa shape index (κ1) is 27.5. The number of nitrogens with zero attached hydrogens (tertiary/aromatic N) is 1. The Morgan fingerprint density at radius 3 is 2.57 bits per heavy atom. The van der Waals surface area contributed by atoms with Crippen molar-refractivity contribution in [2.75, 3.05) is 7.11 Å². The second-order valence-electron chi connectivity index (χ2n) is 7.88. The lowest BCUT2D eigenvalue weighted by molar-refractivity contribution is -0.123. The number of rotatable bonds is 7. The zero-order valence-corrected chi connectivity index (χ0v) is 24.2. The van der Waals surface area contributed by atoms with E-state index in [9.17, 15) is 9.59 Å². The summed E-state index contributed by atoms with van der Waals surface area (Å²) in [5.74, 6) is 0.0740. The number of nitrogens with one attached hydrogen (secondary N) is 1. The highest BCUT2D eigenvalue weighted by molar-refractivity contribution is 9.10. The Morgan fingerprint density at radius 1 is 1.16 bits per heavy atom. The Balaban J connectivity index is 1.51. The average Bonchev–Trinajstić information content (AvgIpc) is 3.11. The van der Waals surface area contributed by atoms with Crippen molar-refractivity contribution in [2.45, 2.75) is 13.5 Å². The van der Waals surface area contributed by atoms with E-state index in [1.54, 1.807) is 48.5 Å². The van der Waals surface area contributed by atoms with Crippen LogP contribution in [0.1, 0.15) is 27.0 Å². The highest BCUT2D eigenvalue weighted by atomic mass is 79.9. The number of thiocarbonyl (C=S) groups is 1. The molecule has 37 heavy (non-hydrogen) atoms. The fourth-order valence-corrected chi connectivity index (χ4v) is 5.56. The van der Waals surface area contributed by atoms with Crippen LogP contribution in [0.2, 0.25) is 10.0 Å². The van der Waals surface area contributed by atoms with Gasteiger partial charge in [-0.05, 0) is 83.1 Å². The van der Waals surface area contributed by atoms with Gasteiger partial charge in [0.1, 0.15) is 6.61 Å². The number of carbonyl (C=O) groups excluding carboxylic acids is 2. The topological polar surface area (TPSA) is 67.9 Å². The normalized spacial score (nSPS) is 14.3. The molecule has 0 saturated carbocycles. The van der Waals surface area contributed by atoms with Crippen LogP contribution >= 0.6 is 63.1 Å². The Labute approximate surface area is 242 Å². The molecule has 0 atom stereocenters. The molecular formula is C26H19BrCl2N2O4S2. The van der Waals surface area contributed by atoms with E-state index in [1.807, 2.05) is 19.1 Å². The standard InChI is InChI=1S/C26H19BrCl2N2O4S2/c1-14-3-5-16(6-4-14)24(32)30-31-25(33)22(37-26(31)36)11-15-9-19(27)23(21(10-15)34-2)35-13-17-7-8-18(28)12-20(17)29/h3-12H,13H2,1-2H3,(H,30,32)/b22-11-. The number of amides is 2. The summed E-state index contributed by atoms with van der Waals surface area (Å²) >= 11 is 22.2. The summed E-state index contributed by atoms with van der Waals surface area (Å²) in [6.45, 7) is 2.12. The fourth-order valence-electron chi connectivity index (χ4n) is 3.34. The molecule has 3 aromatic carbocycles. The number of carbonyl (C=O) groups is 2. The quantitative estimate of drug-likeness (QED) is 0.218. The highest BCUT2D eigenvalue weighted by Gasteiger charge is 2.34. The van der Waals surface area contributed by atoms with Gasteiger partial charge in [-0.1, -0.05) is 58.7 Å². The third-order valence-corrected chi connectivity index (χ3v) is 7.74. The number of hydrogen-bond acceptors (Lipinski definition) is 6. The molecule has 0 aromatic heterocycles. The van der Waals surface area contributed by atoms with Gasteiger partial charge in [0.05, 0.1) is 16.5 Å². The molecule has 1 aliphatic rings. The molecule has 0 spiro atoms. The molecule has 0 radical (unpaired) electrons. The van der Waals surface area contributed by atoms with E-state index in [0.29, 0.717) is 42.0 Å². The van der Waals surface area contributed by atoms with Crippen molar-refractivity contribution in [3.8, 4) is 11.5 Å². The van der Waals surface area contributed by atoms with Crippen LogP contribution in [0.5, 0.6) is 11.5 Å². The molecule has 1 N–H and O–H groups in total. The van der Waals surface area contributed by atoms with Crippen LogP contribution in [-0.4, -0.2) is 28.3 Å². The number of halogens is 3. The Morgan fingerprint density at radius 2 is 1.89 bits per heavy atom. The van der Waals surface area contributed by atoms with Gasteiger partial charge in [-0.15, -0.1) is 0 Å². The van der Waals surface area contributed by atoms with Gasteiger partial charge in [0.2, 0.25) is 0 Å². The maximum atomic E-state index is 13.0. The van der Waals surface area contributed by atoms with Crippen molar-refractivity contribution in [2.24, 2.45) is 0 Å². The third kappa shape index (κ3) is 6.48. The van der Waals surface area contributed by atoms with E-state index >= 15 is 0 Å². The Kier molecular flexibility index (Phi) is 8.82. The lowest BCUT2D eigenvalue weighted by atomic mass is 10.1. The minimum absolute atomic E-state index is 0.198. The zero-order chi connectivity index (χ0) is 26.7. The summed E-state index contributed by atoms with van der Waals surface area (Å²) in [4.78, 5) is 26.0. The molecule has 3 aromatic rings. The summed E-state index contributed by atoms with van der Waals surface area (Å²) in [6, 6.07) is 15.7. The van der Waals surface area contributed by atoms with Crippen LogP contribution in [0.4, 0.5) is 0 Å². The molecule has 0 bridgehead atoms. The molecule has 190 valence electrons. The molecule has 4 rings (SSSR count). The number of aryl methyl sites for hydroxylation is 1. The number of methoxy groups -OCH3 is 1. The average molecular weight is 638 g/mol. The van der Waals surface area contributed by atoms with Crippen LogP contribution < -0.4 is 14.9 Å². The Bertz CT molecular complexity index is 1430. The van der Waals surface area contributed by atoms with Gasteiger partial charge >= 0.3 is 0 Å². The predicted octanol–water partition coefficient (Wildman–Crippen LogP) is 7.20. The van der Waals surface area contributed by atoms with Gasteiger partial charge in [-0.2, -0.15) is 5.01 Å². The lowest BCUT2D eigenvalue weighted by Crippen LogP contribution is -2.44. The van der Waals surface area contributed by atoms with Crippen molar-refractivity contribution >= 4 is 85.3 Å². The number of ether oxygens (including phenoxy) is 2. The van der Waals surface area contributed by atoms with Gasteiger partial charge < -0.3 is 9.47 Å². The smallest absolute Gasteiger partial charge is 0.285 e. The van der Waals surface area contributed by atoms with E-state index in [4.69, 9.17) is 44.9 Å². The van der Waals surface area contributed by atoms with Crippen molar-refractivity contribution in [1.29, 1.82) is 0 Å². The molecule has 0 unspecified atom stereocenters. The summed E-state index contributed by atoms with van der Waals surface area (Å²) < 4.78 is 12.3. The number of benzene rings is 3. The van der Waals surface area contributed by atoms with E-state index in [1.165, 1.54) is 7.11 Å². The van der Waals surface area contributed by atoms with E-state index < -0.39 is 11.8 Å². The molecule has 11 heteroatoms. The van der Waals surface area contributed by atoms with Crippen LogP contribution in [0.15, 0.2) is 64.0 Å². The van der Waals surface area contributed by atoms with Gasteiger partial charge in [-0.25, -0.2) is 0 Å². The second kappa shape index (κ2) is 11.9. The van der Waals surface area contributed by atoms with Gasteiger partial charge in [0.15, 0.2) is 15.8 Å². The zero-order valence-electron chi connectivity index (χ0n) is 19.5. The predicted molar refractivity (Wildman–Crippen MR) is 155 cm³/mol. The van der Waals surface area contributed by atoms with Gasteiger partial charge in [0, 0.05) is 21.2 Å². The third-order valence-electron chi connectivity index (χ3n) is 5.26. The molecule has 1 heterocycles. The summed E-state index contributed by atoms with van der Waals surface area (Å²) in [6.07, 6.45) is 1.67. The fraction of sp³-hybridized carbons (Fsp3) is 0.115. The van der Waals surface area contributed by atoms with Gasteiger partial charge in [-0.3, -0.25) is 15.0 Å². The van der Waals surface area contributed by atoms with E-state index in [2.05, 4.69) is 21.4 Å². The summed E-state index contributed by atoms with van der Waals surface area (Å²) in [5.41, 5.74) is 5.47. The molecule has 6 nitrogen and oxygen atoms in total. The monoisotopic (exact) mass is 636 g/mol. The first-order valence-electron chi connectivity index (χ1n) is 10.8. The number of hydrogen-bond donors (Lipinski definition) is 1. The van der Waals surface area contributed by atoms with Crippen LogP contribution in [0.3, 0.4) is 0 Å². The first-order chi connectivity index (χ1) is 17.7. The van der Waals surface area contributed by atoms with Crippen molar-refractivity contribution in [3.05, 3.63) is 96.3 Å². The van der Waals surface area contributed by atoms with E-state index in [-0.39, 0.29) is 10.9 Å². The molecule has 1 fully saturated rings. The van der Waals surface area contributed by atoms with Crippen molar-refractivity contribution in [3.63, 3.8) is 0 Å². The molecular weight excluding hydrogens is 619 g/mol. The van der Waals surface area contributed by atoms with Crippen LogP contribution in [-0.2, 0) is 11.4 Å². The second-order valence-corrected chi connectivity index (χ2v) is 11.3. The summed E-state index contributed by atoms with van der Waals surface area (Å²) in [5, 5.41) is 2.11. The molecule has 1 aliphatic heterocycles. The SMILES string of the molecule is COc1cc(/C=C2\SC(=S)N(NC(=O)c3ccc(C)cc3)C2=O)cc(Br)c1OCc1ccc(Cl)cc1Cl. The largest absolute Gasteiger partial charge is 0.493 e. The van der Waals surface area contributed by atoms with Gasteiger partial charge in [0.25, 0.3) is 11.8 Å². The molecule has 1 saturated heterocycles. The number of hydrazine groups is 1. The molecule has 2 amide bonds.